The Labute approximate surface area is 134 Å². The normalized spacial score (nSPS) is 18.4. The molecule has 7 heteroatoms. The zero-order valence-electron chi connectivity index (χ0n) is 12.7. The Morgan fingerprint density at radius 1 is 1.55 bits per heavy atom. The first-order valence-corrected chi connectivity index (χ1v) is 7.86. The number of aromatic nitrogens is 3. The molecule has 1 aliphatic heterocycles. The van der Waals surface area contributed by atoms with E-state index in [1.807, 2.05) is 11.0 Å². The average molecular weight is 323 g/mol. The summed E-state index contributed by atoms with van der Waals surface area (Å²) < 4.78 is 7.01. The summed E-state index contributed by atoms with van der Waals surface area (Å²) in [6.45, 7) is 5.06. The summed E-state index contributed by atoms with van der Waals surface area (Å²) in [5.41, 5.74) is 0.924. The van der Waals surface area contributed by atoms with E-state index in [2.05, 4.69) is 24.1 Å². The molecular formula is C15H19ClN4O2. The molecule has 0 unspecified atom stereocenters. The molecule has 2 aromatic rings. The number of amides is 1. The lowest BCUT2D eigenvalue weighted by Gasteiger charge is -2.22. The number of hydrogen-bond donors (Lipinski definition) is 0. The molecule has 3 rings (SSSR count). The van der Waals surface area contributed by atoms with Crippen molar-refractivity contribution in [1.82, 2.24) is 19.8 Å². The second kappa shape index (κ2) is 6.12. The largest absolute Gasteiger partial charge is 0.359 e. The first kappa shape index (κ1) is 15.1. The minimum absolute atomic E-state index is 0.0183. The van der Waals surface area contributed by atoms with Crippen molar-refractivity contribution in [3.05, 3.63) is 34.9 Å². The highest BCUT2D eigenvalue weighted by atomic mass is 35.5. The molecule has 0 saturated carbocycles. The van der Waals surface area contributed by atoms with Crippen LogP contribution in [0.2, 0.25) is 5.02 Å². The zero-order chi connectivity index (χ0) is 15.7. The number of halogens is 1. The molecule has 0 aliphatic carbocycles. The van der Waals surface area contributed by atoms with Gasteiger partial charge in [0, 0.05) is 18.8 Å². The Morgan fingerprint density at radius 3 is 3.00 bits per heavy atom. The van der Waals surface area contributed by atoms with Gasteiger partial charge in [-0.25, -0.2) is 0 Å². The molecule has 1 amide bonds. The van der Waals surface area contributed by atoms with Gasteiger partial charge < -0.3 is 9.42 Å². The van der Waals surface area contributed by atoms with Crippen molar-refractivity contribution in [2.24, 2.45) is 0 Å². The maximum absolute atomic E-state index is 12.5. The van der Waals surface area contributed by atoms with Gasteiger partial charge in [-0.3, -0.25) is 9.48 Å². The lowest BCUT2D eigenvalue weighted by Crippen LogP contribution is -2.33. The molecule has 0 bridgehead atoms. The minimum atomic E-state index is -0.0291. The molecule has 3 heterocycles. The highest BCUT2D eigenvalue weighted by Gasteiger charge is 2.33. The third kappa shape index (κ3) is 3.02. The smallest absolute Gasteiger partial charge is 0.244 e. The molecule has 2 aromatic heterocycles. The highest BCUT2D eigenvalue weighted by molar-refractivity contribution is 6.30. The van der Waals surface area contributed by atoms with E-state index < -0.39 is 0 Å². The van der Waals surface area contributed by atoms with Crippen molar-refractivity contribution >= 4 is 17.5 Å². The molecule has 1 aliphatic rings. The standard InChI is InChI=1S/C15H19ClN4O2/c1-10(2)12-6-14(22-18-12)13-4-3-5-20(13)15(21)9-19-8-11(16)7-17-19/h6-8,10,13H,3-5,9H2,1-2H3/t13-/m0/s1. The number of nitrogens with zero attached hydrogens (tertiary/aromatic N) is 4. The summed E-state index contributed by atoms with van der Waals surface area (Å²) in [6.07, 6.45) is 5.05. The molecular weight excluding hydrogens is 304 g/mol. The topological polar surface area (TPSA) is 64.2 Å². The van der Waals surface area contributed by atoms with Crippen LogP contribution in [0.15, 0.2) is 23.0 Å². The monoisotopic (exact) mass is 322 g/mol. The van der Waals surface area contributed by atoms with E-state index in [9.17, 15) is 4.79 Å². The van der Waals surface area contributed by atoms with Crippen molar-refractivity contribution < 1.29 is 9.32 Å². The molecule has 118 valence electrons. The van der Waals surface area contributed by atoms with E-state index in [-0.39, 0.29) is 18.5 Å². The van der Waals surface area contributed by atoms with Gasteiger partial charge >= 0.3 is 0 Å². The van der Waals surface area contributed by atoms with Crippen LogP contribution < -0.4 is 0 Å². The number of rotatable bonds is 4. The van der Waals surface area contributed by atoms with Crippen molar-refractivity contribution in [2.75, 3.05) is 6.54 Å². The summed E-state index contributed by atoms with van der Waals surface area (Å²) in [5, 5.41) is 8.68. The third-order valence-corrected chi connectivity index (χ3v) is 4.13. The van der Waals surface area contributed by atoms with Gasteiger partial charge in [0.25, 0.3) is 0 Å². The highest BCUT2D eigenvalue weighted by Crippen LogP contribution is 2.33. The van der Waals surface area contributed by atoms with Crippen LogP contribution in [0.5, 0.6) is 0 Å². The van der Waals surface area contributed by atoms with Crippen LogP contribution >= 0.6 is 11.6 Å². The Morgan fingerprint density at radius 2 is 2.36 bits per heavy atom. The first-order valence-electron chi connectivity index (χ1n) is 7.48. The first-order chi connectivity index (χ1) is 10.5. The maximum Gasteiger partial charge on any atom is 0.244 e. The third-order valence-electron chi connectivity index (χ3n) is 3.94. The van der Waals surface area contributed by atoms with Crippen LogP contribution in [0.25, 0.3) is 0 Å². The van der Waals surface area contributed by atoms with Crippen molar-refractivity contribution in [3.8, 4) is 0 Å². The molecule has 0 aromatic carbocycles. The molecule has 0 radical (unpaired) electrons. The van der Waals surface area contributed by atoms with Crippen LogP contribution in [0.4, 0.5) is 0 Å². The Kier molecular flexibility index (Phi) is 4.20. The van der Waals surface area contributed by atoms with Crippen molar-refractivity contribution in [3.63, 3.8) is 0 Å². The van der Waals surface area contributed by atoms with E-state index in [0.29, 0.717) is 10.9 Å². The summed E-state index contributed by atoms with van der Waals surface area (Å²) >= 11 is 5.83. The van der Waals surface area contributed by atoms with Crippen LogP contribution in [-0.2, 0) is 11.3 Å². The quantitative estimate of drug-likeness (QED) is 0.868. The fourth-order valence-corrected chi connectivity index (χ4v) is 2.90. The van der Waals surface area contributed by atoms with Gasteiger partial charge in [0.2, 0.25) is 5.91 Å². The number of likely N-dealkylation sites (tertiary alicyclic amines) is 1. The van der Waals surface area contributed by atoms with E-state index in [1.54, 1.807) is 10.9 Å². The number of hydrogen-bond acceptors (Lipinski definition) is 4. The summed E-state index contributed by atoms with van der Waals surface area (Å²) in [6, 6.07) is 1.93. The van der Waals surface area contributed by atoms with Gasteiger partial charge in [-0.2, -0.15) is 5.10 Å². The van der Waals surface area contributed by atoms with E-state index in [0.717, 1.165) is 30.8 Å². The second-order valence-corrected chi connectivity index (χ2v) is 6.35. The lowest BCUT2D eigenvalue weighted by molar-refractivity contribution is -0.133. The van der Waals surface area contributed by atoms with Crippen LogP contribution in [-0.4, -0.2) is 32.3 Å². The molecule has 1 fully saturated rings. The fraction of sp³-hybridized carbons (Fsp3) is 0.533. The molecule has 1 atom stereocenters. The Hall–Kier alpha value is -1.82. The molecule has 1 saturated heterocycles. The Bertz CT molecular complexity index is 664. The van der Waals surface area contributed by atoms with Gasteiger partial charge in [0.1, 0.15) is 6.54 Å². The number of carbonyl (C=O) groups excluding carboxylic acids is 1. The minimum Gasteiger partial charge on any atom is -0.359 e. The lowest BCUT2D eigenvalue weighted by atomic mass is 10.1. The zero-order valence-corrected chi connectivity index (χ0v) is 13.5. The predicted octanol–water partition coefficient (Wildman–Crippen LogP) is 3.01. The van der Waals surface area contributed by atoms with Crippen LogP contribution in [0.3, 0.4) is 0 Å². The van der Waals surface area contributed by atoms with Gasteiger partial charge in [-0.05, 0) is 18.8 Å². The summed E-state index contributed by atoms with van der Waals surface area (Å²) in [5.74, 6) is 1.10. The van der Waals surface area contributed by atoms with Gasteiger partial charge in [-0.1, -0.05) is 30.6 Å². The van der Waals surface area contributed by atoms with E-state index in [4.69, 9.17) is 16.1 Å². The SMILES string of the molecule is CC(C)c1cc([C@@H]2CCCN2C(=O)Cn2cc(Cl)cn2)on1. The van der Waals surface area contributed by atoms with Crippen molar-refractivity contribution in [1.29, 1.82) is 0 Å². The van der Waals surface area contributed by atoms with E-state index >= 15 is 0 Å². The van der Waals surface area contributed by atoms with Gasteiger partial charge in [0.05, 0.1) is 23.0 Å². The number of carbonyl (C=O) groups is 1. The predicted molar refractivity (Wildman–Crippen MR) is 81.5 cm³/mol. The molecule has 0 spiro atoms. The molecule has 22 heavy (non-hydrogen) atoms. The van der Waals surface area contributed by atoms with Gasteiger partial charge in [-0.15, -0.1) is 0 Å². The maximum atomic E-state index is 12.5. The Balaban J connectivity index is 1.73. The van der Waals surface area contributed by atoms with Crippen LogP contribution in [0.1, 0.15) is 50.1 Å². The average Bonchev–Trinajstić information content (AvgIpc) is 3.16. The molecule has 0 N–H and O–H groups in total. The van der Waals surface area contributed by atoms with Crippen LogP contribution in [0, 0.1) is 0 Å². The second-order valence-electron chi connectivity index (χ2n) is 5.91. The summed E-state index contributed by atoms with van der Waals surface area (Å²) in [4.78, 5) is 14.4. The van der Waals surface area contributed by atoms with Crippen molar-refractivity contribution in [2.45, 2.75) is 45.2 Å². The van der Waals surface area contributed by atoms with E-state index in [1.165, 1.54) is 6.20 Å². The van der Waals surface area contributed by atoms with Gasteiger partial charge in [0.15, 0.2) is 5.76 Å². The fourth-order valence-electron chi connectivity index (χ4n) is 2.75. The molecule has 6 nitrogen and oxygen atoms in total. The summed E-state index contributed by atoms with van der Waals surface area (Å²) in [7, 11) is 0.